The average molecular weight is 323 g/mol. The maximum absolute atomic E-state index is 13.4. The Morgan fingerprint density at radius 2 is 2.05 bits per heavy atom. The van der Waals surface area contributed by atoms with Gasteiger partial charge in [0.05, 0.1) is 0 Å². The van der Waals surface area contributed by atoms with E-state index in [1.54, 1.807) is 0 Å². The molecule has 0 saturated heterocycles. The van der Waals surface area contributed by atoms with Gasteiger partial charge in [-0.3, -0.25) is 11.3 Å². The normalized spacial score (nSPS) is 12.4. The molecule has 1 unspecified atom stereocenters. The highest BCUT2D eigenvalue weighted by molar-refractivity contribution is 9.10. The van der Waals surface area contributed by atoms with Gasteiger partial charge in [0.1, 0.15) is 5.82 Å². The van der Waals surface area contributed by atoms with Gasteiger partial charge in [-0.25, -0.2) is 4.39 Å². The second-order valence-corrected chi connectivity index (χ2v) is 5.53. The van der Waals surface area contributed by atoms with Crippen LogP contribution in [0.2, 0.25) is 0 Å². The Kier molecular flexibility index (Phi) is 4.69. The molecule has 2 aromatic carbocycles. The molecule has 0 aliphatic rings. The minimum atomic E-state index is -0.246. The zero-order chi connectivity index (χ0) is 13.8. The molecule has 0 fully saturated rings. The minimum absolute atomic E-state index is 0.0337. The summed E-state index contributed by atoms with van der Waals surface area (Å²) < 4.78 is 14.1. The van der Waals surface area contributed by atoms with Gasteiger partial charge in [0.2, 0.25) is 0 Å². The SMILES string of the molecule is Cc1cccc(C(Cc2cc(F)cc(Br)c2)NN)c1. The Bertz CT molecular complexity index is 552. The van der Waals surface area contributed by atoms with Gasteiger partial charge in [0.25, 0.3) is 0 Å². The van der Waals surface area contributed by atoms with Crippen LogP contribution < -0.4 is 11.3 Å². The lowest BCUT2D eigenvalue weighted by molar-refractivity contribution is 0.548. The molecule has 2 rings (SSSR count). The Balaban J connectivity index is 2.23. The van der Waals surface area contributed by atoms with Gasteiger partial charge in [-0.15, -0.1) is 0 Å². The Morgan fingerprint density at radius 1 is 1.26 bits per heavy atom. The standard InChI is InChI=1S/C15H16BrFN2/c1-10-3-2-4-12(5-10)15(19-18)8-11-6-13(16)9-14(17)7-11/h2-7,9,15,19H,8,18H2,1H3. The molecule has 2 aromatic rings. The minimum Gasteiger partial charge on any atom is -0.271 e. The third-order valence-electron chi connectivity index (χ3n) is 3.01. The molecular formula is C15H16BrFN2. The summed E-state index contributed by atoms with van der Waals surface area (Å²) in [5, 5.41) is 0. The number of hydrazine groups is 1. The number of hydrogen-bond donors (Lipinski definition) is 2. The number of nitrogens with one attached hydrogen (secondary N) is 1. The molecule has 0 amide bonds. The van der Waals surface area contributed by atoms with E-state index in [4.69, 9.17) is 5.84 Å². The lowest BCUT2D eigenvalue weighted by Crippen LogP contribution is -2.29. The molecule has 19 heavy (non-hydrogen) atoms. The molecule has 0 saturated carbocycles. The fourth-order valence-corrected chi connectivity index (χ4v) is 2.64. The van der Waals surface area contributed by atoms with Gasteiger partial charge in [-0.05, 0) is 42.7 Å². The van der Waals surface area contributed by atoms with Crippen LogP contribution in [0, 0.1) is 12.7 Å². The first-order valence-corrected chi connectivity index (χ1v) is 6.85. The van der Waals surface area contributed by atoms with Gasteiger partial charge in [-0.1, -0.05) is 45.8 Å². The number of nitrogens with two attached hydrogens (primary N) is 1. The van der Waals surface area contributed by atoms with E-state index in [2.05, 4.69) is 27.4 Å². The van der Waals surface area contributed by atoms with E-state index in [0.29, 0.717) is 6.42 Å². The van der Waals surface area contributed by atoms with Crippen molar-refractivity contribution in [1.82, 2.24) is 5.43 Å². The summed E-state index contributed by atoms with van der Waals surface area (Å²) in [5.74, 6) is 5.38. The van der Waals surface area contributed by atoms with Crippen molar-refractivity contribution in [3.8, 4) is 0 Å². The molecule has 3 N–H and O–H groups in total. The topological polar surface area (TPSA) is 38.0 Å². The predicted molar refractivity (Wildman–Crippen MR) is 79.0 cm³/mol. The molecule has 4 heteroatoms. The first kappa shape index (κ1) is 14.2. The molecule has 100 valence electrons. The lowest BCUT2D eigenvalue weighted by Gasteiger charge is -2.17. The number of hydrogen-bond acceptors (Lipinski definition) is 2. The van der Waals surface area contributed by atoms with Crippen molar-refractivity contribution in [3.63, 3.8) is 0 Å². The second-order valence-electron chi connectivity index (χ2n) is 4.62. The van der Waals surface area contributed by atoms with Crippen LogP contribution in [-0.4, -0.2) is 0 Å². The molecular weight excluding hydrogens is 307 g/mol. The highest BCUT2D eigenvalue weighted by Crippen LogP contribution is 2.22. The molecule has 0 radical (unpaired) electrons. The van der Waals surface area contributed by atoms with Crippen molar-refractivity contribution in [2.45, 2.75) is 19.4 Å². The lowest BCUT2D eigenvalue weighted by atomic mass is 9.98. The largest absolute Gasteiger partial charge is 0.271 e. The van der Waals surface area contributed by atoms with E-state index >= 15 is 0 Å². The number of aryl methyl sites for hydroxylation is 1. The van der Waals surface area contributed by atoms with Crippen molar-refractivity contribution < 1.29 is 4.39 Å². The quantitative estimate of drug-likeness (QED) is 0.666. The van der Waals surface area contributed by atoms with Gasteiger partial charge < -0.3 is 0 Å². The van der Waals surface area contributed by atoms with E-state index in [-0.39, 0.29) is 11.9 Å². The van der Waals surface area contributed by atoms with Crippen molar-refractivity contribution in [2.24, 2.45) is 5.84 Å². The number of halogens is 2. The van der Waals surface area contributed by atoms with Crippen LogP contribution in [0.25, 0.3) is 0 Å². The van der Waals surface area contributed by atoms with E-state index in [1.807, 2.05) is 31.2 Å². The smallest absolute Gasteiger partial charge is 0.124 e. The van der Waals surface area contributed by atoms with E-state index in [1.165, 1.54) is 17.7 Å². The summed E-state index contributed by atoms with van der Waals surface area (Å²) in [5.41, 5.74) is 5.97. The van der Waals surface area contributed by atoms with Crippen molar-refractivity contribution in [3.05, 3.63) is 69.4 Å². The van der Waals surface area contributed by atoms with Gasteiger partial charge in [0, 0.05) is 10.5 Å². The zero-order valence-corrected chi connectivity index (χ0v) is 12.2. The summed E-state index contributed by atoms with van der Waals surface area (Å²) in [6.07, 6.45) is 0.635. The van der Waals surface area contributed by atoms with Crippen LogP contribution in [0.4, 0.5) is 4.39 Å². The molecule has 0 spiro atoms. The molecule has 0 aliphatic carbocycles. The number of rotatable bonds is 4. The third kappa shape index (κ3) is 3.86. The average Bonchev–Trinajstić information content (AvgIpc) is 2.34. The Labute approximate surface area is 120 Å². The monoisotopic (exact) mass is 322 g/mol. The molecule has 2 nitrogen and oxygen atoms in total. The van der Waals surface area contributed by atoms with Crippen molar-refractivity contribution in [1.29, 1.82) is 0 Å². The highest BCUT2D eigenvalue weighted by atomic mass is 79.9. The molecule has 0 aliphatic heterocycles. The van der Waals surface area contributed by atoms with Gasteiger partial charge in [0.15, 0.2) is 0 Å². The van der Waals surface area contributed by atoms with Crippen LogP contribution >= 0.6 is 15.9 Å². The third-order valence-corrected chi connectivity index (χ3v) is 3.47. The van der Waals surface area contributed by atoms with Crippen LogP contribution in [0.15, 0.2) is 46.9 Å². The van der Waals surface area contributed by atoms with E-state index in [0.717, 1.165) is 15.6 Å². The highest BCUT2D eigenvalue weighted by Gasteiger charge is 2.11. The molecule has 0 bridgehead atoms. The van der Waals surface area contributed by atoms with E-state index < -0.39 is 0 Å². The summed E-state index contributed by atoms with van der Waals surface area (Å²) >= 11 is 3.30. The van der Waals surface area contributed by atoms with Crippen molar-refractivity contribution in [2.75, 3.05) is 0 Å². The van der Waals surface area contributed by atoms with E-state index in [9.17, 15) is 4.39 Å². The van der Waals surface area contributed by atoms with Crippen LogP contribution in [0.5, 0.6) is 0 Å². The first-order valence-electron chi connectivity index (χ1n) is 6.06. The summed E-state index contributed by atoms with van der Waals surface area (Å²) in [4.78, 5) is 0. The Morgan fingerprint density at radius 3 is 2.68 bits per heavy atom. The zero-order valence-electron chi connectivity index (χ0n) is 10.7. The summed E-state index contributed by atoms with van der Waals surface area (Å²) in [7, 11) is 0. The Hall–Kier alpha value is -1.23. The number of benzene rings is 2. The fourth-order valence-electron chi connectivity index (χ4n) is 2.12. The van der Waals surface area contributed by atoms with Gasteiger partial charge >= 0.3 is 0 Å². The van der Waals surface area contributed by atoms with Crippen LogP contribution in [0.3, 0.4) is 0 Å². The molecule has 0 aromatic heterocycles. The van der Waals surface area contributed by atoms with Crippen molar-refractivity contribution >= 4 is 15.9 Å². The maximum Gasteiger partial charge on any atom is 0.124 e. The predicted octanol–water partition coefficient (Wildman–Crippen LogP) is 3.64. The molecule has 0 heterocycles. The van der Waals surface area contributed by atoms with Crippen LogP contribution in [-0.2, 0) is 6.42 Å². The van der Waals surface area contributed by atoms with Gasteiger partial charge in [-0.2, -0.15) is 0 Å². The fraction of sp³-hybridized carbons (Fsp3) is 0.200. The van der Waals surface area contributed by atoms with Crippen LogP contribution in [0.1, 0.15) is 22.7 Å². The maximum atomic E-state index is 13.4. The summed E-state index contributed by atoms with van der Waals surface area (Å²) in [6.45, 7) is 2.04. The summed E-state index contributed by atoms with van der Waals surface area (Å²) in [6, 6.07) is 13.0. The molecule has 1 atom stereocenters. The second kappa shape index (κ2) is 6.28. The first-order chi connectivity index (χ1) is 9.08.